The summed E-state index contributed by atoms with van der Waals surface area (Å²) < 4.78 is 0. The van der Waals surface area contributed by atoms with Gasteiger partial charge in [-0.05, 0) is 58.2 Å². The van der Waals surface area contributed by atoms with Crippen LogP contribution in [-0.2, 0) is 0 Å². The van der Waals surface area contributed by atoms with E-state index in [1.165, 1.54) is 30.5 Å². The first kappa shape index (κ1) is 18.2. The van der Waals surface area contributed by atoms with Crippen molar-refractivity contribution in [3.05, 3.63) is 109 Å². The zero-order valence-corrected chi connectivity index (χ0v) is 18.6. The average Bonchev–Trinajstić information content (AvgIpc) is 3.26. The molecule has 0 radical (unpaired) electrons. The Morgan fingerprint density at radius 1 is 0.464 bits per heavy atom. The van der Waals surface area contributed by atoms with Crippen molar-refractivity contribution >= 4 is 60.2 Å². The van der Waals surface area contributed by atoms with Crippen LogP contribution >= 0.6 is 31.4 Å². The molecule has 136 valence electrons. The first-order chi connectivity index (χ1) is 13.9. The summed E-state index contributed by atoms with van der Waals surface area (Å²) in [7, 11) is 3.28. The maximum atomic E-state index is 2.37. The van der Waals surface area contributed by atoms with Crippen LogP contribution in [0, 0.1) is 0 Å². The molecular formula is C24H18S3Si. The van der Waals surface area contributed by atoms with Crippen molar-refractivity contribution in [2.75, 3.05) is 0 Å². The van der Waals surface area contributed by atoms with Crippen molar-refractivity contribution in [3.63, 3.8) is 0 Å². The molecule has 0 aliphatic carbocycles. The summed E-state index contributed by atoms with van der Waals surface area (Å²) in [5.41, 5.74) is 0. The van der Waals surface area contributed by atoms with Crippen molar-refractivity contribution in [1.29, 1.82) is 0 Å². The van der Waals surface area contributed by atoms with Crippen LogP contribution in [0.25, 0.3) is 0 Å². The maximum absolute atomic E-state index is 2.40. The van der Waals surface area contributed by atoms with E-state index >= 15 is 0 Å². The summed E-state index contributed by atoms with van der Waals surface area (Å²) in [4.78, 5) is 2.84. The molecule has 0 saturated heterocycles. The van der Waals surface area contributed by atoms with Crippen LogP contribution < -0.4 is 20.7 Å². The van der Waals surface area contributed by atoms with Crippen molar-refractivity contribution < 1.29 is 0 Å². The normalized spacial score (nSPS) is 13.3. The lowest BCUT2D eigenvalue weighted by molar-refractivity contribution is 1.30. The summed E-state index contributed by atoms with van der Waals surface area (Å²) in [6, 6.07) is 40.3. The van der Waals surface area contributed by atoms with E-state index in [1.807, 2.05) is 31.4 Å². The molecule has 4 aromatic rings. The summed E-state index contributed by atoms with van der Waals surface area (Å²) in [6.45, 7) is 0. The van der Waals surface area contributed by atoms with Crippen molar-refractivity contribution in [2.45, 2.75) is 9.79 Å². The zero-order chi connectivity index (χ0) is 18.8. The molecule has 4 heteroatoms. The van der Waals surface area contributed by atoms with E-state index in [4.69, 9.17) is 0 Å². The minimum atomic E-state index is -2.40. The van der Waals surface area contributed by atoms with Gasteiger partial charge in [0.25, 0.3) is 0 Å². The van der Waals surface area contributed by atoms with Gasteiger partial charge in [-0.1, -0.05) is 103 Å². The molecule has 0 N–H and O–H groups in total. The second kappa shape index (κ2) is 7.88. The summed E-state index contributed by atoms with van der Waals surface area (Å²) >= 11 is 0. The van der Waals surface area contributed by atoms with Crippen LogP contribution in [0.15, 0.2) is 119 Å². The van der Waals surface area contributed by atoms with Gasteiger partial charge in [-0.3, -0.25) is 0 Å². The van der Waals surface area contributed by atoms with E-state index in [-0.39, 0.29) is 0 Å². The fourth-order valence-corrected chi connectivity index (χ4v) is 14.3. The Morgan fingerprint density at radius 2 is 0.964 bits per heavy atom. The van der Waals surface area contributed by atoms with E-state index in [9.17, 15) is 0 Å². The maximum Gasteiger partial charge on any atom is 0.180 e. The monoisotopic (exact) mass is 430 g/mol. The Hall–Kier alpha value is -1.85. The van der Waals surface area contributed by atoms with Crippen LogP contribution in [0.3, 0.4) is 0 Å². The summed E-state index contributed by atoms with van der Waals surface area (Å²) in [5, 5.41) is 5.80. The highest BCUT2D eigenvalue weighted by Gasteiger charge is 2.43. The predicted molar refractivity (Wildman–Crippen MR) is 129 cm³/mol. The lowest BCUT2D eigenvalue weighted by Gasteiger charge is -2.35. The Labute approximate surface area is 178 Å². The lowest BCUT2D eigenvalue weighted by atomic mass is 10.3. The van der Waals surface area contributed by atoms with Gasteiger partial charge in [-0.15, -0.1) is 0 Å². The van der Waals surface area contributed by atoms with Crippen LogP contribution in [0.1, 0.15) is 0 Å². The molecular weight excluding hydrogens is 413 g/mol. The van der Waals surface area contributed by atoms with Gasteiger partial charge >= 0.3 is 0 Å². The van der Waals surface area contributed by atoms with Gasteiger partial charge in [0, 0.05) is 9.79 Å². The molecule has 0 atom stereocenters. The van der Waals surface area contributed by atoms with Crippen LogP contribution in [0.4, 0.5) is 0 Å². The lowest BCUT2D eigenvalue weighted by Crippen LogP contribution is -2.75. The topological polar surface area (TPSA) is 0 Å². The second-order valence-electron chi connectivity index (χ2n) is 6.72. The van der Waals surface area contributed by atoms with Gasteiger partial charge < -0.3 is 0 Å². The molecule has 0 bridgehead atoms. The fourth-order valence-electron chi connectivity index (χ4n) is 4.08. The van der Waals surface area contributed by atoms with Gasteiger partial charge in [0.05, 0.1) is 0 Å². The predicted octanol–water partition coefficient (Wildman–Crippen LogP) is 4.83. The highest BCUT2D eigenvalue weighted by atomic mass is 33.5. The molecule has 0 saturated carbocycles. The Balaban J connectivity index is 1.93. The molecule has 1 aliphatic rings. The molecule has 0 unspecified atom stereocenters. The molecule has 0 spiro atoms. The van der Waals surface area contributed by atoms with E-state index in [2.05, 4.69) is 109 Å². The van der Waals surface area contributed by atoms with Crippen LogP contribution in [0.5, 0.6) is 0 Å². The molecule has 0 aromatic heterocycles. The molecule has 5 rings (SSSR count). The number of hydrogen-bond acceptors (Lipinski definition) is 3. The third-order valence-corrected chi connectivity index (χ3v) is 14.3. The van der Waals surface area contributed by atoms with E-state index < -0.39 is 8.07 Å². The highest BCUT2D eigenvalue weighted by molar-refractivity contribution is 9.10. The van der Waals surface area contributed by atoms with Crippen molar-refractivity contribution in [3.8, 4) is 0 Å². The third-order valence-electron chi connectivity index (χ3n) is 5.24. The molecule has 28 heavy (non-hydrogen) atoms. The minimum absolute atomic E-state index is 1.40. The number of fused-ring (bicyclic) bond motifs is 1. The first-order valence-electron chi connectivity index (χ1n) is 9.22. The van der Waals surface area contributed by atoms with E-state index in [1.54, 1.807) is 0 Å². The number of rotatable bonds is 4. The third kappa shape index (κ3) is 2.96. The largest absolute Gasteiger partial charge is 0.180 e. The van der Waals surface area contributed by atoms with E-state index in [0.717, 1.165) is 0 Å². The minimum Gasteiger partial charge on any atom is -0.0623 e. The van der Waals surface area contributed by atoms with E-state index in [0.29, 0.717) is 0 Å². The quantitative estimate of drug-likeness (QED) is 0.259. The Bertz CT molecular complexity index is 986. The summed E-state index contributed by atoms with van der Waals surface area (Å²) in [6.07, 6.45) is 0. The smallest absolute Gasteiger partial charge is 0.0623 e. The molecule has 0 fully saturated rings. The van der Waals surface area contributed by atoms with Gasteiger partial charge in [0.2, 0.25) is 0 Å². The SMILES string of the molecule is c1ccc([Si](c2ccccc2)(c2ccccc2)c2cccc3c2SSS3)cc1. The number of benzene rings is 4. The molecule has 0 amide bonds. The van der Waals surface area contributed by atoms with Gasteiger partial charge in [0.15, 0.2) is 8.07 Å². The van der Waals surface area contributed by atoms with Gasteiger partial charge in [-0.2, -0.15) is 0 Å². The van der Waals surface area contributed by atoms with Crippen molar-refractivity contribution in [1.82, 2.24) is 0 Å². The Kier molecular flexibility index (Phi) is 5.12. The second-order valence-corrected chi connectivity index (χ2v) is 14.4. The first-order valence-corrected chi connectivity index (χ1v) is 14.7. The fraction of sp³-hybridized carbons (Fsp3) is 0. The molecule has 0 nitrogen and oxygen atoms in total. The zero-order valence-electron chi connectivity index (χ0n) is 15.1. The number of hydrogen-bond donors (Lipinski definition) is 0. The van der Waals surface area contributed by atoms with Crippen LogP contribution in [-0.4, -0.2) is 8.07 Å². The van der Waals surface area contributed by atoms with Crippen LogP contribution in [0.2, 0.25) is 0 Å². The molecule has 1 heterocycles. The summed E-state index contributed by atoms with van der Waals surface area (Å²) in [5.74, 6) is 0. The Morgan fingerprint density at radius 3 is 1.46 bits per heavy atom. The molecule has 1 aliphatic heterocycles. The van der Waals surface area contributed by atoms with Crippen molar-refractivity contribution in [2.24, 2.45) is 0 Å². The van der Waals surface area contributed by atoms with Gasteiger partial charge in [-0.25, -0.2) is 0 Å². The standard InChI is InChI=1S/C24H18S3Si/c1-4-11-19(12-5-1)28(20-13-6-2-7-14-20,21-15-8-3-9-16-21)23-18-10-17-22-24(23)26-27-25-22/h1-18H. The highest BCUT2D eigenvalue weighted by Crippen LogP contribution is 2.54. The molecule has 4 aromatic carbocycles. The average molecular weight is 431 g/mol. The van der Waals surface area contributed by atoms with Gasteiger partial charge in [0.1, 0.15) is 0 Å².